The van der Waals surface area contributed by atoms with Gasteiger partial charge in [0.25, 0.3) is 0 Å². The van der Waals surface area contributed by atoms with Crippen molar-refractivity contribution in [1.29, 1.82) is 0 Å². The fourth-order valence-corrected chi connectivity index (χ4v) is 2.97. The zero-order valence-electron chi connectivity index (χ0n) is 14.6. The van der Waals surface area contributed by atoms with Crippen LogP contribution in [0.1, 0.15) is 25.0 Å². The lowest BCUT2D eigenvalue weighted by molar-refractivity contribution is -0.127. The molecule has 0 bridgehead atoms. The average molecular weight is 385 g/mol. The number of carbonyl (C=O) groups is 1. The number of carbonyl (C=O) groups excluding carboxylic acids is 1. The number of aromatic amines is 1. The Morgan fingerprint density at radius 1 is 1.19 bits per heavy atom. The monoisotopic (exact) mass is 385 g/mol. The number of hydrogen-bond donors (Lipinski definition) is 1. The van der Waals surface area contributed by atoms with Gasteiger partial charge in [-0.3, -0.25) is 9.89 Å². The first-order valence-electron chi connectivity index (χ1n) is 8.39. The topological polar surface area (TPSA) is 49.0 Å². The van der Waals surface area contributed by atoms with Crippen LogP contribution in [0.25, 0.3) is 11.3 Å². The van der Waals surface area contributed by atoms with Crippen LogP contribution in [0.5, 0.6) is 0 Å². The van der Waals surface area contributed by atoms with E-state index >= 15 is 0 Å². The minimum absolute atomic E-state index is 0.291. The number of nitrogens with zero attached hydrogens (tertiary/aromatic N) is 2. The van der Waals surface area contributed by atoms with E-state index in [9.17, 15) is 18.0 Å². The quantitative estimate of drug-likeness (QED) is 0.647. The Hall–Kier alpha value is -1.96. The van der Waals surface area contributed by atoms with Gasteiger partial charge in [-0.15, -0.1) is 0 Å². The normalized spacial score (nSPS) is 11.5. The predicted molar refractivity (Wildman–Crippen MR) is 97.7 cm³/mol. The van der Waals surface area contributed by atoms with Gasteiger partial charge in [-0.2, -0.15) is 18.3 Å². The number of aromatic nitrogens is 2. The fourth-order valence-electron chi connectivity index (χ4n) is 2.47. The Bertz CT molecular complexity index is 688. The van der Waals surface area contributed by atoms with E-state index in [2.05, 4.69) is 10.2 Å². The molecule has 0 aliphatic heterocycles. The maximum atomic E-state index is 12.1. The molecule has 2 rings (SSSR count). The molecule has 1 heterocycles. The van der Waals surface area contributed by atoms with Crippen LogP contribution in [-0.2, 0) is 11.2 Å². The molecule has 1 aromatic carbocycles. The van der Waals surface area contributed by atoms with Gasteiger partial charge in [0.2, 0.25) is 5.91 Å². The second-order valence-electron chi connectivity index (χ2n) is 6.00. The molecule has 0 saturated heterocycles. The Morgan fingerprint density at radius 2 is 1.92 bits per heavy atom. The number of amides is 1. The molecule has 0 spiro atoms. The van der Waals surface area contributed by atoms with E-state index in [1.54, 1.807) is 7.05 Å². The van der Waals surface area contributed by atoms with Crippen molar-refractivity contribution in [2.45, 2.75) is 31.2 Å². The molecule has 26 heavy (non-hydrogen) atoms. The molecule has 0 unspecified atom stereocenters. The third kappa shape index (κ3) is 7.11. The van der Waals surface area contributed by atoms with E-state index in [0.717, 1.165) is 42.6 Å². The highest BCUT2D eigenvalue weighted by atomic mass is 32.2. The first-order valence-corrected chi connectivity index (χ1v) is 9.38. The van der Waals surface area contributed by atoms with Gasteiger partial charge in [-0.1, -0.05) is 36.8 Å². The average Bonchev–Trinajstić information content (AvgIpc) is 3.08. The summed E-state index contributed by atoms with van der Waals surface area (Å²) in [5.41, 5.74) is -1.34. The van der Waals surface area contributed by atoms with E-state index < -0.39 is 17.2 Å². The second-order valence-corrected chi connectivity index (χ2v) is 7.05. The standard InChI is InChI=1S/C18H22F3N3OS/c1-24(17(25)13-26-18(19,20)21)11-7-3-6-10-15-12-16(23-22-15)14-8-4-2-5-9-14/h2,4-5,8-9,12H,3,6-7,10-11,13H2,1H3,(H,22,23). The van der Waals surface area contributed by atoms with Crippen molar-refractivity contribution < 1.29 is 18.0 Å². The molecule has 2 aromatic rings. The summed E-state index contributed by atoms with van der Waals surface area (Å²) in [6.45, 7) is 0.468. The smallest absolute Gasteiger partial charge is 0.345 e. The van der Waals surface area contributed by atoms with Crippen molar-refractivity contribution in [2.24, 2.45) is 0 Å². The van der Waals surface area contributed by atoms with Crippen molar-refractivity contribution in [3.63, 3.8) is 0 Å². The van der Waals surface area contributed by atoms with Gasteiger partial charge in [0, 0.05) is 24.8 Å². The highest BCUT2D eigenvalue weighted by molar-refractivity contribution is 8.00. The van der Waals surface area contributed by atoms with Crippen molar-refractivity contribution in [2.75, 3.05) is 19.3 Å². The number of alkyl halides is 3. The Labute approximate surface area is 155 Å². The minimum Gasteiger partial charge on any atom is -0.345 e. The lowest BCUT2D eigenvalue weighted by atomic mass is 10.1. The number of nitrogens with one attached hydrogen (secondary N) is 1. The summed E-state index contributed by atoms with van der Waals surface area (Å²) >= 11 is -0.291. The molecule has 4 nitrogen and oxygen atoms in total. The van der Waals surface area contributed by atoms with E-state index in [1.165, 1.54) is 4.90 Å². The van der Waals surface area contributed by atoms with Gasteiger partial charge in [0.15, 0.2) is 0 Å². The Balaban J connectivity index is 1.63. The fraction of sp³-hybridized carbons (Fsp3) is 0.444. The van der Waals surface area contributed by atoms with Gasteiger partial charge in [-0.05, 0) is 37.1 Å². The maximum absolute atomic E-state index is 12.1. The van der Waals surface area contributed by atoms with Crippen LogP contribution in [0, 0.1) is 0 Å². The molecule has 0 saturated carbocycles. The van der Waals surface area contributed by atoms with Gasteiger partial charge in [-0.25, -0.2) is 0 Å². The lowest BCUT2D eigenvalue weighted by Crippen LogP contribution is -2.30. The maximum Gasteiger partial charge on any atom is 0.442 e. The predicted octanol–water partition coefficient (Wildman–Crippen LogP) is 4.50. The molecule has 0 aliphatic rings. The Kier molecular flexibility index (Phi) is 7.56. The zero-order chi connectivity index (χ0) is 19.0. The molecular formula is C18H22F3N3OS. The molecular weight excluding hydrogens is 363 g/mol. The number of halogens is 3. The summed E-state index contributed by atoms with van der Waals surface area (Å²) in [5.74, 6) is -1.05. The van der Waals surface area contributed by atoms with Crippen LogP contribution in [-0.4, -0.2) is 45.9 Å². The summed E-state index contributed by atoms with van der Waals surface area (Å²) in [5, 5.41) is 7.33. The molecule has 1 aromatic heterocycles. The van der Waals surface area contributed by atoms with Crippen LogP contribution in [0.3, 0.4) is 0 Å². The van der Waals surface area contributed by atoms with Crippen LogP contribution in [0.4, 0.5) is 13.2 Å². The third-order valence-electron chi connectivity index (χ3n) is 3.93. The number of rotatable bonds is 9. The zero-order valence-corrected chi connectivity index (χ0v) is 15.4. The molecule has 0 radical (unpaired) electrons. The summed E-state index contributed by atoms with van der Waals surface area (Å²) in [6.07, 6.45) is 3.43. The van der Waals surface area contributed by atoms with Crippen molar-refractivity contribution in [3.8, 4) is 11.3 Å². The molecule has 1 amide bonds. The number of H-pyrrole nitrogens is 1. The number of thioether (sulfide) groups is 1. The number of benzene rings is 1. The van der Waals surface area contributed by atoms with Crippen LogP contribution >= 0.6 is 11.8 Å². The summed E-state index contributed by atoms with van der Waals surface area (Å²) < 4.78 is 36.3. The van der Waals surface area contributed by atoms with E-state index in [-0.39, 0.29) is 11.8 Å². The summed E-state index contributed by atoms with van der Waals surface area (Å²) in [7, 11) is 1.54. The molecule has 142 valence electrons. The van der Waals surface area contributed by atoms with Gasteiger partial charge in [0.05, 0.1) is 11.4 Å². The van der Waals surface area contributed by atoms with Crippen molar-refractivity contribution >= 4 is 17.7 Å². The summed E-state index contributed by atoms with van der Waals surface area (Å²) in [6, 6.07) is 11.9. The molecule has 8 heteroatoms. The molecule has 0 atom stereocenters. The van der Waals surface area contributed by atoms with Gasteiger partial charge < -0.3 is 4.90 Å². The summed E-state index contributed by atoms with van der Waals surface area (Å²) in [4.78, 5) is 13.0. The van der Waals surface area contributed by atoms with Crippen LogP contribution in [0.2, 0.25) is 0 Å². The largest absolute Gasteiger partial charge is 0.442 e. The van der Waals surface area contributed by atoms with Crippen molar-refractivity contribution in [1.82, 2.24) is 15.1 Å². The molecule has 0 aliphatic carbocycles. The number of hydrogen-bond acceptors (Lipinski definition) is 3. The van der Waals surface area contributed by atoms with Crippen LogP contribution in [0.15, 0.2) is 36.4 Å². The minimum atomic E-state index is -4.36. The van der Waals surface area contributed by atoms with E-state index in [0.29, 0.717) is 6.54 Å². The van der Waals surface area contributed by atoms with Crippen molar-refractivity contribution in [3.05, 3.63) is 42.1 Å². The van der Waals surface area contributed by atoms with Gasteiger partial charge >= 0.3 is 5.51 Å². The third-order valence-corrected chi connectivity index (χ3v) is 4.64. The molecule has 1 N–H and O–H groups in total. The molecule has 0 fully saturated rings. The second kappa shape index (κ2) is 9.66. The van der Waals surface area contributed by atoms with Crippen LogP contribution < -0.4 is 0 Å². The van der Waals surface area contributed by atoms with Gasteiger partial charge in [0.1, 0.15) is 0 Å². The highest BCUT2D eigenvalue weighted by Gasteiger charge is 2.29. The van der Waals surface area contributed by atoms with E-state index in [4.69, 9.17) is 0 Å². The van der Waals surface area contributed by atoms with E-state index in [1.807, 2.05) is 36.4 Å². The Morgan fingerprint density at radius 3 is 2.62 bits per heavy atom. The highest BCUT2D eigenvalue weighted by Crippen LogP contribution is 2.30. The lowest BCUT2D eigenvalue weighted by Gasteiger charge is -2.17. The number of aryl methyl sites for hydroxylation is 1. The number of unbranched alkanes of at least 4 members (excludes halogenated alkanes) is 2. The first kappa shape index (κ1) is 20.4. The SMILES string of the molecule is CN(CCCCCc1cc(-c2ccccc2)n[nH]1)C(=O)CSC(F)(F)F. The first-order chi connectivity index (χ1) is 12.3.